The minimum absolute atomic E-state index is 0.135. The van der Waals surface area contributed by atoms with E-state index in [1.165, 1.54) is 6.92 Å². The molecule has 3 atom stereocenters. The highest BCUT2D eigenvalue weighted by Gasteiger charge is 2.28. The van der Waals surface area contributed by atoms with Gasteiger partial charge >= 0.3 is 5.97 Å². The van der Waals surface area contributed by atoms with Crippen LogP contribution in [0.15, 0.2) is 0 Å². The van der Waals surface area contributed by atoms with Crippen LogP contribution in [-0.2, 0) is 9.59 Å². The zero-order valence-corrected chi connectivity index (χ0v) is 10.2. The number of carboxylic acid groups (broad SMARTS) is 1. The summed E-state index contributed by atoms with van der Waals surface area (Å²) in [4.78, 5) is 23.8. The zero-order chi connectivity index (χ0) is 13.0. The van der Waals surface area contributed by atoms with Gasteiger partial charge in [0.05, 0.1) is 6.10 Å². The van der Waals surface area contributed by atoms with Gasteiger partial charge in [0.2, 0.25) is 5.91 Å². The number of hydrogen-bond donors (Lipinski definition) is 3. The molecule has 0 aliphatic carbocycles. The Hall–Kier alpha value is -1.14. The number of carboxylic acids is 1. The van der Waals surface area contributed by atoms with E-state index in [1.54, 1.807) is 0 Å². The Labute approximate surface area is 101 Å². The van der Waals surface area contributed by atoms with Crippen LogP contribution < -0.4 is 5.32 Å². The lowest BCUT2D eigenvalue weighted by Gasteiger charge is -2.35. The van der Waals surface area contributed by atoms with E-state index < -0.39 is 12.0 Å². The second kappa shape index (κ2) is 5.97. The largest absolute Gasteiger partial charge is 0.480 e. The first-order chi connectivity index (χ1) is 7.90. The number of nitrogens with zero attached hydrogens (tertiary/aromatic N) is 1. The maximum absolute atomic E-state index is 11.0. The first-order valence-corrected chi connectivity index (χ1v) is 5.80. The lowest BCUT2D eigenvalue weighted by Crippen LogP contribution is -2.51. The lowest BCUT2D eigenvalue weighted by molar-refractivity contribution is -0.142. The Morgan fingerprint density at radius 2 is 2.18 bits per heavy atom. The summed E-state index contributed by atoms with van der Waals surface area (Å²) in [5, 5.41) is 21.0. The van der Waals surface area contributed by atoms with Crippen molar-refractivity contribution in [1.29, 1.82) is 0 Å². The number of carbonyl (C=O) groups excluding carboxylic acids is 1. The highest BCUT2D eigenvalue weighted by molar-refractivity contribution is 5.82. The van der Waals surface area contributed by atoms with E-state index in [4.69, 9.17) is 5.11 Å². The summed E-state index contributed by atoms with van der Waals surface area (Å²) in [7, 11) is 0. The third-order valence-electron chi connectivity index (χ3n) is 3.06. The topological polar surface area (TPSA) is 89.9 Å². The number of piperidine rings is 1. The minimum Gasteiger partial charge on any atom is -0.480 e. The Morgan fingerprint density at radius 1 is 1.53 bits per heavy atom. The second-order valence-corrected chi connectivity index (χ2v) is 4.68. The van der Waals surface area contributed by atoms with Crippen molar-refractivity contribution in [2.75, 3.05) is 19.6 Å². The number of hydrogen-bond acceptors (Lipinski definition) is 4. The molecular weight excluding hydrogens is 224 g/mol. The summed E-state index contributed by atoms with van der Waals surface area (Å²) in [5.74, 6) is -1.24. The molecule has 0 saturated carbocycles. The quantitative estimate of drug-likeness (QED) is 0.607. The van der Waals surface area contributed by atoms with Gasteiger partial charge in [0.15, 0.2) is 0 Å². The minimum atomic E-state index is -1.03. The number of nitrogens with one attached hydrogen (secondary N) is 1. The molecular formula is C11H20N2O4. The molecule has 3 unspecified atom stereocenters. The van der Waals surface area contributed by atoms with Crippen LogP contribution in [0.25, 0.3) is 0 Å². The zero-order valence-electron chi connectivity index (χ0n) is 10.2. The predicted octanol–water partition coefficient (Wildman–Crippen LogP) is -0.722. The first-order valence-electron chi connectivity index (χ1n) is 5.80. The van der Waals surface area contributed by atoms with Crippen LogP contribution >= 0.6 is 0 Å². The van der Waals surface area contributed by atoms with Gasteiger partial charge in [-0.2, -0.15) is 0 Å². The van der Waals surface area contributed by atoms with Gasteiger partial charge in [-0.15, -0.1) is 0 Å². The summed E-state index contributed by atoms with van der Waals surface area (Å²) < 4.78 is 0. The molecule has 1 aliphatic heterocycles. The normalized spacial score (nSPS) is 27.5. The van der Waals surface area contributed by atoms with Gasteiger partial charge < -0.3 is 20.4 Å². The fourth-order valence-corrected chi connectivity index (χ4v) is 2.07. The van der Waals surface area contributed by atoms with Crippen molar-refractivity contribution < 1.29 is 19.8 Å². The molecule has 98 valence electrons. The Kier molecular flexibility index (Phi) is 4.89. The van der Waals surface area contributed by atoms with Gasteiger partial charge in [-0.25, -0.2) is 4.79 Å². The summed E-state index contributed by atoms with van der Waals surface area (Å²) in [5.41, 5.74) is 0. The Balaban J connectivity index is 2.50. The molecule has 1 saturated heterocycles. The molecule has 1 fully saturated rings. The van der Waals surface area contributed by atoms with Crippen molar-refractivity contribution in [3.63, 3.8) is 0 Å². The SMILES string of the molecule is CC(=O)NC(CN1CCC(O)C(C)C1)C(=O)O. The standard InChI is InChI=1S/C11H20N2O4/c1-7-5-13(4-3-10(7)15)6-9(11(16)17)12-8(2)14/h7,9-10,15H,3-6H2,1-2H3,(H,12,14)(H,16,17). The van der Waals surface area contributed by atoms with E-state index in [1.807, 2.05) is 11.8 Å². The molecule has 6 heteroatoms. The van der Waals surface area contributed by atoms with Crippen LogP contribution in [0.4, 0.5) is 0 Å². The lowest BCUT2D eigenvalue weighted by atomic mass is 9.96. The molecule has 0 aromatic carbocycles. The van der Waals surface area contributed by atoms with Gasteiger partial charge in [0, 0.05) is 26.6 Å². The number of aliphatic hydroxyl groups is 1. The molecule has 17 heavy (non-hydrogen) atoms. The molecule has 6 nitrogen and oxygen atoms in total. The molecule has 1 rings (SSSR count). The summed E-state index contributed by atoms with van der Waals surface area (Å²) in [6.07, 6.45) is 0.336. The average Bonchev–Trinajstić information content (AvgIpc) is 2.21. The molecule has 0 spiro atoms. The van der Waals surface area contributed by atoms with Crippen LogP contribution in [-0.4, -0.2) is 58.8 Å². The van der Waals surface area contributed by atoms with Crippen LogP contribution in [0.2, 0.25) is 0 Å². The monoisotopic (exact) mass is 244 g/mol. The van der Waals surface area contributed by atoms with Crippen molar-refractivity contribution in [2.45, 2.75) is 32.4 Å². The van der Waals surface area contributed by atoms with Crippen molar-refractivity contribution in [1.82, 2.24) is 10.2 Å². The highest BCUT2D eigenvalue weighted by Crippen LogP contribution is 2.16. The van der Waals surface area contributed by atoms with E-state index in [0.717, 1.165) is 0 Å². The Morgan fingerprint density at radius 3 is 2.65 bits per heavy atom. The Bertz CT molecular complexity index is 295. The van der Waals surface area contributed by atoms with Gasteiger partial charge in [-0.05, 0) is 12.3 Å². The van der Waals surface area contributed by atoms with Crippen molar-refractivity contribution in [3.05, 3.63) is 0 Å². The van der Waals surface area contributed by atoms with Gasteiger partial charge in [0.1, 0.15) is 6.04 Å². The third kappa shape index (κ3) is 4.32. The van der Waals surface area contributed by atoms with Gasteiger partial charge in [0.25, 0.3) is 0 Å². The number of aliphatic carboxylic acids is 1. The van der Waals surface area contributed by atoms with E-state index in [0.29, 0.717) is 19.5 Å². The number of amides is 1. The molecule has 0 radical (unpaired) electrons. The molecule has 0 aromatic rings. The highest BCUT2D eigenvalue weighted by atomic mass is 16.4. The molecule has 1 amide bonds. The first kappa shape index (κ1) is 13.9. The van der Waals surface area contributed by atoms with Gasteiger partial charge in [-0.1, -0.05) is 6.92 Å². The van der Waals surface area contributed by atoms with Crippen LogP contribution in [0.5, 0.6) is 0 Å². The molecule has 0 aromatic heterocycles. The van der Waals surface area contributed by atoms with Crippen molar-refractivity contribution >= 4 is 11.9 Å². The van der Waals surface area contributed by atoms with Crippen LogP contribution in [0, 0.1) is 5.92 Å². The smallest absolute Gasteiger partial charge is 0.327 e. The fraction of sp³-hybridized carbons (Fsp3) is 0.818. The summed E-state index contributed by atoms with van der Waals surface area (Å²) in [6.45, 7) is 4.84. The van der Waals surface area contributed by atoms with Gasteiger partial charge in [-0.3, -0.25) is 4.79 Å². The molecule has 3 N–H and O–H groups in total. The van der Waals surface area contributed by atoms with Crippen molar-refractivity contribution in [3.8, 4) is 0 Å². The fourth-order valence-electron chi connectivity index (χ4n) is 2.07. The third-order valence-corrected chi connectivity index (χ3v) is 3.06. The second-order valence-electron chi connectivity index (χ2n) is 4.68. The number of likely N-dealkylation sites (tertiary alicyclic amines) is 1. The van der Waals surface area contributed by atoms with Crippen LogP contribution in [0.3, 0.4) is 0 Å². The summed E-state index contributed by atoms with van der Waals surface area (Å²) in [6, 6.07) is -0.880. The van der Waals surface area contributed by atoms with E-state index in [9.17, 15) is 14.7 Å². The number of carbonyl (C=O) groups is 2. The van der Waals surface area contributed by atoms with E-state index >= 15 is 0 Å². The maximum Gasteiger partial charge on any atom is 0.327 e. The van der Waals surface area contributed by atoms with Crippen LogP contribution in [0.1, 0.15) is 20.3 Å². The molecule has 1 heterocycles. The van der Waals surface area contributed by atoms with Crippen molar-refractivity contribution in [2.24, 2.45) is 5.92 Å². The number of aliphatic hydroxyl groups excluding tert-OH is 1. The molecule has 0 bridgehead atoms. The maximum atomic E-state index is 11.0. The average molecular weight is 244 g/mol. The van der Waals surface area contributed by atoms with E-state index in [2.05, 4.69) is 5.32 Å². The molecule has 1 aliphatic rings. The summed E-state index contributed by atoms with van der Waals surface area (Å²) >= 11 is 0. The van der Waals surface area contributed by atoms with E-state index in [-0.39, 0.29) is 24.5 Å². The number of rotatable bonds is 4. The predicted molar refractivity (Wildman–Crippen MR) is 61.5 cm³/mol.